The number of carbonyl (C=O) groups excluding carboxylic acids is 1. The molecular formula is C14H29NO3S. The van der Waals surface area contributed by atoms with Crippen LogP contribution in [-0.4, -0.2) is 49.4 Å². The van der Waals surface area contributed by atoms with E-state index in [4.69, 9.17) is 9.47 Å². The summed E-state index contributed by atoms with van der Waals surface area (Å²) in [6.45, 7) is 8.94. The smallest absolute Gasteiger partial charge is 0.325 e. The maximum absolute atomic E-state index is 12.0. The highest BCUT2D eigenvalue weighted by Gasteiger charge is 2.36. The molecule has 0 fully saturated rings. The normalized spacial score (nSPS) is 16.2. The van der Waals surface area contributed by atoms with E-state index >= 15 is 0 Å². The monoisotopic (exact) mass is 291 g/mol. The number of thioether (sulfide) groups is 1. The average Bonchev–Trinajstić information content (AvgIpc) is 2.32. The third-order valence-corrected chi connectivity index (χ3v) is 4.09. The second-order valence-corrected chi connectivity index (χ2v) is 6.90. The van der Waals surface area contributed by atoms with E-state index in [0.29, 0.717) is 5.25 Å². The van der Waals surface area contributed by atoms with Gasteiger partial charge in [-0.1, -0.05) is 6.92 Å². The topological polar surface area (TPSA) is 47.6 Å². The average molecular weight is 291 g/mol. The summed E-state index contributed by atoms with van der Waals surface area (Å²) < 4.78 is 9.96. The fourth-order valence-corrected chi connectivity index (χ4v) is 3.32. The lowest BCUT2D eigenvalue weighted by Gasteiger charge is -2.32. The molecule has 0 aromatic heterocycles. The van der Waals surface area contributed by atoms with E-state index in [1.807, 2.05) is 32.5 Å². The van der Waals surface area contributed by atoms with Crippen LogP contribution in [0.3, 0.4) is 0 Å². The Morgan fingerprint density at radius 1 is 1.32 bits per heavy atom. The molecule has 0 aliphatic carbocycles. The van der Waals surface area contributed by atoms with Crippen LogP contribution in [-0.2, 0) is 14.3 Å². The summed E-state index contributed by atoms with van der Waals surface area (Å²) in [4.78, 5) is 12.0. The zero-order valence-electron chi connectivity index (χ0n) is 13.1. The summed E-state index contributed by atoms with van der Waals surface area (Å²) >= 11 is 1.87. The molecule has 0 bridgehead atoms. The van der Waals surface area contributed by atoms with E-state index in [-0.39, 0.29) is 12.0 Å². The van der Waals surface area contributed by atoms with Gasteiger partial charge in [-0.05, 0) is 39.4 Å². The summed E-state index contributed by atoms with van der Waals surface area (Å²) in [6, 6.07) is 0.245. The van der Waals surface area contributed by atoms with Crippen LogP contribution in [0.1, 0.15) is 40.5 Å². The fraction of sp³-hybridized carbons (Fsp3) is 0.929. The Hall–Kier alpha value is -0.260. The first-order chi connectivity index (χ1) is 8.85. The quantitative estimate of drug-likeness (QED) is 0.495. The van der Waals surface area contributed by atoms with Crippen LogP contribution in [0.25, 0.3) is 0 Å². The largest absolute Gasteiger partial charge is 0.468 e. The van der Waals surface area contributed by atoms with E-state index in [1.54, 1.807) is 7.11 Å². The minimum atomic E-state index is -0.614. The Labute approximate surface area is 122 Å². The molecule has 0 aromatic rings. The van der Waals surface area contributed by atoms with E-state index in [9.17, 15) is 4.79 Å². The van der Waals surface area contributed by atoms with Crippen LogP contribution in [0.15, 0.2) is 0 Å². The molecule has 0 saturated carbocycles. The standard InChI is InChI=1S/C14H29NO3S/c1-11(2)15-14(4,13(16)18-6)10-12(3)19-9-7-8-17-5/h11-12,15H,7-10H2,1-6H3. The van der Waals surface area contributed by atoms with Gasteiger partial charge >= 0.3 is 5.97 Å². The molecule has 19 heavy (non-hydrogen) atoms. The lowest BCUT2D eigenvalue weighted by molar-refractivity contribution is -0.148. The van der Waals surface area contributed by atoms with Crippen molar-refractivity contribution < 1.29 is 14.3 Å². The van der Waals surface area contributed by atoms with E-state index in [0.717, 1.165) is 25.2 Å². The lowest BCUT2D eigenvalue weighted by atomic mass is 9.95. The van der Waals surface area contributed by atoms with Gasteiger partial charge in [0.05, 0.1) is 7.11 Å². The van der Waals surface area contributed by atoms with Crippen molar-refractivity contribution in [2.75, 3.05) is 26.6 Å². The van der Waals surface area contributed by atoms with Crippen LogP contribution < -0.4 is 5.32 Å². The zero-order valence-corrected chi connectivity index (χ0v) is 13.9. The molecule has 2 unspecified atom stereocenters. The van der Waals surface area contributed by atoms with Crippen LogP contribution >= 0.6 is 11.8 Å². The fourth-order valence-electron chi connectivity index (χ4n) is 2.19. The Kier molecular flexibility index (Phi) is 9.48. The first-order valence-corrected chi connectivity index (χ1v) is 7.87. The van der Waals surface area contributed by atoms with Gasteiger partial charge in [0.2, 0.25) is 0 Å². The van der Waals surface area contributed by atoms with Gasteiger partial charge in [-0.2, -0.15) is 11.8 Å². The first kappa shape index (κ1) is 18.7. The molecule has 0 aliphatic heterocycles. The molecule has 114 valence electrons. The molecule has 0 rings (SSSR count). The van der Waals surface area contributed by atoms with E-state index in [1.165, 1.54) is 7.11 Å². The minimum Gasteiger partial charge on any atom is -0.468 e. The van der Waals surface area contributed by atoms with Gasteiger partial charge in [0.15, 0.2) is 0 Å². The van der Waals surface area contributed by atoms with Gasteiger partial charge < -0.3 is 9.47 Å². The number of esters is 1. The third-order valence-electron chi connectivity index (χ3n) is 2.83. The molecular weight excluding hydrogens is 262 g/mol. The van der Waals surface area contributed by atoms with Crippen molar-refractivity contribution in [2.45, 2.75) is 57.4 Å². The van der Waals surface area contributed by atoms with Gasteiger partial charge in [-0.15, -0.1) is 0 Å². The predicted molar refractivity (Wildman–Crippen MR) is 81.7 cm³/mol. The number of rotatable bonds is 10. The van der Waals surface area contributed by atoms with Crippen molar-refractivity contribution in [1.82, 2.24) is 5.32 Å². The van der Waals surface area contributed by atoms with Crippen molar-refractivity contribution in [3.63, 3.8) is 0 Å². The Bertz CT molecular complexity index is 261. The van der Waals surface area contributed by atoms with Gasteiger partial charge in [-0.3, -0.25) is 10.1 Å². The number of nitrogens with one attached hydrogen (secondary N) is 1. The SMILES string of the molecule is COCCCSC(C)CC(C)(NC(C)C)C(=O)OC. The molecule has 0 aromatic carbocycles. The highest BCUT2D eigenvalue weighted by Crippen LogP contribution is 2.24. The highest BCUT2D eigenvalue weighted by atomic mass is 32.2. The molecule has 4 nitrogen and oxygen atoms in total. The summed E-state index contributed by atoms with van der Waals surface area (Å²) in [7, 11) is 3.16. The van der Waals surface area contributed by atoms with Crippen LogP contribution in [0.4, 0.5) is 0 Å². The Balaban J connectivity index is 4.34. The Morgan fingerprint density at radius 2 is 1.95 bits per heavy atom. The van der Waals surface area contributed by atoms with Gasteiger partial charge in [0, 0.05) is 25.0 Å². The van der Waals surface area contributed by atoms with Crippen LogP contribution in [0, 0.1) is 0 Å². The summed E-state index contributed by atoms with van der Waals surface area (Å²) in [5, 5.41) is 3.72. The van der Waals surface area contributed by atoms with E-state index < -0.39 is 5.54 Å². The number of hydrogen-bond acceptors (Lipinski definition) is 5. The molecule has 2 atom stereocenters. The van der Waals surface area contributed by atoms with E-state index in [2.05, 4.69) is 12.2 Å². The second kappa shape index (κ2) is 9.61. The van der Waals surface area contributed by atoms with Crippen molar-refractivity contribution in [1.29, 1.82) is 0 Å². The van der Waals surface area contributed by atoms with Gasteiger partial charge in [0.25, 0.3) is 0 Å². The molecule has 0 saturated heterocycles. The second-order valence-electron chi connectivity index (χ2n) is 5.35. The molecule has 1 N–H and O–H groups in total. The van der Waals surface area contributed by atoms with Crippen molar-refractivity contribution in [3.05, 3.63) is 0 Å². The maximum atomic E-state index is 12.0. The predicted octanol–water partition coefficient (Wildman–Crippen LogP) is 2.46. The third kappa shape index (κ3) is 7.80. The van der Waals surface area contributed by atoms with Gasteiger partial charge in [0.1, 0.15) is 5.54 Å². The molecule has 0 radical (unpaired) electrons. The van der Waals surface area contributed by atoms with Gasteiger partial charge in [-0.25, -0.2) is 0 Å². The minimum absolute atomic E-state index is 0.189. The number of carbonyl (C=O) groups is 1. The maximum Gasteiger partial charge on any atom is 0.325 e. The summed E-state index contributed by atoms with van der Waals surface area (Å²) in [6.07, 6.45) is 1.80. The molecule has 0 heterocycles. The number of hydrogen-bond donors (Lipinski definition) is 1. The van der Waals surface area contributed by atoms with Crippen molar-refractivity contribution >= 4 is 17.7 Å². The molecule has 0 spiro atoms. The van der Waals surface area contributed by atoms with Crippen LogP contribution in [0.2, 0.25) is 0 Å². The summed E-state index contributed by atoms with van der Waals surface area (Å²) in [5.41, 5.74) is -0.614. The van der Waals surface area contributed by atoms with Crippen molar-refractivity contribution in [2.24, 2.45) is 0 Å². The van der Waals surface area contributed by atoms with Crippen molar-refractivity contribution in [3.8, 4) is 0 Å². The zero-order chi connectivity index (χ0) is 14.9. The molecule has 0 amide bonds. The molecule has 0 aliphatic rings. The van der Waals surface area contributed by atoms with Crippen LogP contribution in [0.5, 0.6) is 0 Å². The number of methoxy groups -OCH3 is 2. The first-order valence-electron chi connectivity index (χ1n) is 6.82. The Morgan fingerprint density at radius 3 is 2.42 bits per heavy atom. The lowest BCUT2D eigenvalue weighted by Crippen LogP contribution is -2.54. The number of ether oxygens (including phenoxy) is 2. The molecule has 5 heteroatoms. The highest BCUT2D eigenvalue weighted by molar-refractivity contribution is 7.99. The summed E-state index contributed by atoms with van der Waals surface area (Å²) in [5.74, 6) is 0.860.